The van der Waals surface area contributed by atoms with Gasteiger partial charge in [0.25, 0.3) is 0 Å². The van der Waals surface area contributed by atoms with Crippen molar-refractivity contribution in [2.24, 2.45) is 4.99 Å². The zero-order valence-electron chi connectivity index (χ0n) is 17.5. The summed E-state index contributed by atoms with van der Waals surface area (Å²) in [6, 6.07) is 13.5. The van der Waals surface area contributed by atoms with Crippen LogP contribution < -0.4 is 14.8 Å². The Labute approximate surface area is 173 Å². The molecule has 0 radical (unpaired) electrons. The Bertz CT molecular complexity index is 816. The maximum Gasteiger partial charge on any atom is 0.193 e. The van der Waals surface area contributed by atoms with E-state index in [0.717, 1.165) is 55.5 Å². The van der Waals surface area contributed by atoms with Crippen molar-refractivity contribution in [2.75, 3.05) is 40.4 Å². The number of methoxy groups -OCH3 is 2. The molecule has 1 atom stereocenters. The molecule has 3 rings (SSSR count). The maximum absolute atomic E-state index is 9.62. The molecule has 1 saturated heterocycles. The van der Waals surface area contributed by atoms with E-state index in [1.54, 1.807) is 26.4 Å². The molecule has 29 heavy (non-hydrogen) atoms. The number of nitrogens with one attached hydrogen (secondary N) is 1. The summed E-state index contributed by atoms with van der Waals surface area (Å²) in [5.74, 6) is 3.31. The Balaban J connectivity index is 1.66. The van der Waals surface area contributed by atoms with Crippen LogP contribution in [0.25, 0.3) is 0 Å². The highest BCUT2D eigenvalue weighted by Gasteiger charge is 2.26. The molecule has 1 fully saturated rings. The Morgan fingerprint density at radius 1 is 1.17 bits per heavy atom. The van der Waals surface area contributed by atoms with Gasteiger partial charge in [-0.25, -0.2) is 0 Å². The molecule has 1 unspecified atom stereocenters. The predicted octanol–water partition coefficient (Wildman–Crippen LogP) is 3.41. The third-order valence-electron chi connectivity index (χ3n) is 5.24. The summed E-state index contributed by atoms with van der Waals surface area (Å²) in [7, 11) is 3.36. The van der Waals surface area contributed by atoms with Gasteiger partial charge in [0.05, 0.1) is 14.2 Å². The molecule has 6 heteroatoms. The summed E-state index contributed by atoms with van der Waals surface area (Å²) in [6.07, 6.45) is 1.86. The van der Waals surface area contributed by atoms with Gasteiger partial charge in [-0.3, -0.25) is 4.99 Å². The monoisotopic (exact) mass is 397 g/mol. The van der Waals surface area contributed by atoms with E-state index < -0.39 is 0 Å². The molecule has 0 spiro atoms. The van der Waals surface area contributed by atoms with Crippen molar-refractivity contribution in [2.45, 2.75) is 25.7 Å². The molecule has 0 bridgehead atoms. The summed E-state index contributed by atoms with van der Waals surface area (Å²) in [5, 5.41) is 13.0. The molecule has 0 saturated carbocycles. The quantitative estimate of drug-likeness (QED) is 0.554. The highest BCUT2D eigenvalue weighted by Crippen LogP contribution is 2.32. The number of rotatable bonds is 7. The number of phenols is 1. The molecule has 1 heterocycles. The number of nitrogens with zero attached hydrogens (tertiary/aromatic N) is 2. The van der Waals surface area contributed by atoms with Crippen LogP contribution in [0, 0.1) is 0 Å². The van der Waals surface area contributed by atoms with Gasteiger partial charge in [-0.2, -0.15) is 0 Å². The third kappa shape index (κ3) is 5.56. The van der Waals surface area contributed by atoms with Crippen LogP contribution in [0.3, 0.4) is 0 Å². The average Bonchev–Trinajstić information content (AvgIpc) is 3.23. The molecule has 0 amide bonds. The van der Waals surface area contributed by atoms with Gasteiger partial charge in [0.15, 0.2) is 5.96 Å². The molecular weight excluding hydrogens is 366 g/mol. The van der Waals surface area contributed by atoms with Crippen molar-refractivity contribution in [3.05, 3.63) is 53.6 Å². The summed E-state index contributed by atoms with van der Waals surface area (Å²) >= 11 is 0. The second-order valence-electron chi connectivity index (χ2n) is 7.23. The normalized spacial score (nSPS) is 16.7. The smallest absolute Gasteiger partial charge is 0.193 e. The Hall–Kier alpha value is -2.89. The molecule has 6 nitrogen and oxygen atoms in total. The second kappa shape index (κ2) is 10.0. The number of guanidine groups is 1. The van der Waals surface area contributed by atoms with Gasteiger partial charge in [0, 0.05) is 38.2 Å². The molecular formula is C23H31N3O3. The van der Waals surface area contributed by atoms with Crippen molar-refractivity contribution in [3.63, 3.8) is 0 Å². The minimum Gasteiger partial charge on any atom is -0.508 e. The van der Waals surface area contributed by atoms with Crippen LogP contribution in [0.15, 0.2) is 47.5 Å². The van der Waals surface area contributed by atoms with Crippen LogP contribution >= 0.6 is 0 Å². The van der Waals surface area contributed by atoms with E-state index in [1.807, 2.05) is 18.2 Å². The van der Waals surface area contributed by atoms with E-state index in [9.17, 15) is 5.11 Å². The Morgan fingerprint density at radius 3 is 2.59 bits per heavy atom. The lowest BCUT2D eigenvalue weighted by atomic mass is 9.98. The van der Waals surface area contributed by atoms with E-state index in [0.29, 0.717) is 18.2 Å². The minimum absolute atomic E-state index is 0.300. The van der Waals surface area contributed by atoms with Crippen molar-refractivity contribution >= 4 is 5.96 Å². The Kier molecular flexibility index (Phi) is 7.22. The average molecular weight is 398 g/mol. The third-order valence-corrected chi connectivity index (χ3v) is 5.24. The van der Waals surface area contributed by atoms with Crippen molar-refractivity contribution in [3.8, 4) is 17.2 Å². The highest BCUT2D eigenvalue weighted by molar-refractivity contribution is 5.80. The lowest BCUT2D eigenvalue weighted by Crippen LogP contribution is -2.40. The molecule has 2 aromatic rings. The van der Waals surface area contributed by atoms with E-state index in [1.165, 1.54) is 5.56 Å². The summed E-state index contributed by atoms with van der Waals surface area (Å²) in [5.41, 5.74) is 2.33. The predicted molar refractivity (Wildman–Crippen MR) is 116 cm³/mol. The molecule has 0 aliphatic carbocycles. The first-order chi connectivity index (χ1) is 14.1. The molecule has 156 valence electrons. The zero-order valence-corrected chi connectivity index (χ0v) is 17.5. The number of hydrogen-bond acceptors (Lipinski definition) is 4. The van der Waals surface area contributed by atoms with Gasteiger partial charge in [0.2, 0.25) is 0 Å². The molecule has 1 aliphatic rings. The molecule has 2 N–H and O–H groups in total. The lowest BCUT2D eigenvalue weighted by Gasteiger charge is -2.22. The fourth-order valence-corrected chi connectivity index (χ4v) is 3.72. The van der Waals surface area contributed by atoms with Crippen LogP contribution in [-0.2, 0) is 6.42 Å². The maximum atomic E-state index is 9.62. The number of ether oxygens (including phenoxy) is 2. The summed E-state index contributed by atoms with van der Waals surface area (Å²) in [4.78, 5) is 7.14. The number of hydrogen-bond donors (Lipinski definition) is 2. The molecule has 1 aliphatic heterocycles. The fourth-order valence-electron chi connectivity index (χ4n) is 3.72. The topological polar surface area (TPSA) is 66.3 Å². The first kappa shape index (κ1) is 20.8. The van der Waals surface area contributed by atoms with Crippen molar-refractivity contribution in [1.82, 2.24) is 10.2 Å². The van der Waals surface area contributed by atoms with Crippen LogP contribution in [-0.4, -0.2) is 56.4 Å². The minimum atomic E-state index is 0.300. The molecule has 2 aromatic carbocycles. The van der Waals surface area contributed by atoms with Crippen LogP contribution in [0.1, 0.15) is 30.4 Å². The van der Waals surface area contributed by atoms with Gasteiger partial charge in [0.1, 0.15) is 17.2 Å². The first-order valence-corrected chi connectivity index (χ1v) is 10.2. The second-order valence-corrected chi connectivity index (χ2v) is 7.23. The lowest BCUT2D eigenvalue weighted by molar-refractivity contribution is 0.392. The number of likely N-dealkylation sites (tertiary alicyclic amines) is 1. The largest absolute Gasteiger partial charge is 0.508 e. The van der Waals surface area contributed by atoms with Crippen molar-refractivity contribution < 1.29 is 14.6 Å². The van der Waals surface area contributed by atoms with Gasteiger partial charge < -0.3 is 24.8 Å². The van der Waals surface area contributed by atoms with Crippen molar-refractivity contribution in [1.29, 1.82) is 0 Å². The van der Waals surface area contributed by atoms with Gasteiger partial charge >= 0.3 is 0 Å². The first-order valence-electron chi connectivity index (χ1n) is 10.2. The number of phenolic OH excluding ortho intramolecular Hbond substituents is 1. The van der Waals surface area contributed by atoms with Gasteiger partial charge in [-0.05, 0) is 55.2 Å². The van der Waals surface area contributed by atoms with Crippen LogP contribution in [0.2, 0.25) is 0 Å². The van der Waals surface area contributed by atoms with E-state index in [-0.39, 0.29) is 0 Å². The zero-order chi connectivity index (χ0) is 20.6. The number of aromatic hydroxyl groups is 1. The highest BCUT2D eigenvalue weighted by atomic mass is 16.5. The molecule has 0 aromatic heterocycles. The summed E-state index contributed by atoms with van der Waals surface area (Å²) in [6.45, 7) is 5.47. The standard InChI is InChI=1S/C23H31N3O3/c1-4-24-23(25-10-8-17-6-5-7-20(27)12-17)26-11-9-18(16-26)19-13-21(28-2)15-22(14-19)29-3/h5-7,12-15,18,27H,4,8-11,16H2,1-3H3,(H,24,25). The van der Waals surface area contributed by atoms with Crippen LogP contribution in [0.5, 0.6) is 17.2 Å². The van der Waals surface area contributed by atoms with Gasteiger partial charge in [-0.15, -0.1) is 0 Å². The fraction of sp³-hybridized carbons (Fsp3) is 0.435. The van der Waals surface area contributed by atoms with E-state index in [2.05, 4.69) is 29.3 Å². The Morgan fingerprint density at radius 2 is 1.93 bits per heavy atom. The number of aliphatic imine (C=N–C) groups is 1. The number of benzene rings is 2. The van der Waals surface area contributed by atoms with E-state index in [4.69, 9.17) is 14.5 Å². The van der Waals surface area contributed by atoms with Gasteiger partial charge in [-0.1, -0.05) is 12.1 Å². The summed E-state index contributed by atoms with van der Waals surface area (Å²) < 4.78 is 10.9. The van der Waals surface area contributed by atoms with Crippen LogP contribution in [0.4, 0.5) is 0 Å². The van der Waals surface area contributed by atoms with E-state index >= 15 is 0 Å². The SMILES string of the molecule is CCNC(=NCCc1cccc(O)c1)N1CCC(c2cc(OC)cc(OC)c2)C1.